The fourth-order valence-corrected chi connectivity index (χ4v) is 3.84. The lowest BCUT2D eigenvalue weighted by Gasteiger charge is -2.36. The van der Waals surface area contributed by atoms with Gasteiger partial charge in [-0.25, -0.2) is 4.68 Å². The zero-order valence-electron chi connectivity index (χ0n) is 16.4. The van der Waals surface area contributed by atoms with Gasteiger partial charge in [0.05, 0.1) is 21.4 Å². The second-order valence-electron chi connectivity index (χ2n) is 7.30. The van der Waals surface area contributed by atoms with Gasteiger partial charge in [-0.2, -0.15) is 5.10 Å². The number of anilines is 1. The highest BCUT2D eigenvalue weighted by Gasteiger charge is 2.26. The van der Waals surface area contributed by atoms with Crippen LogP contribution in [0.5, 0.6) is 0 Å². The van der Waals surface area contributed by atoms with Crippen molar-refractivity contribution in [3.05, 3.63) is 75.5 Å². The summed E-state index contributed by atoms with van der Waals surface area (Å²) in [5.41, 5.74) is 4.50. The topological polar surface area (TPSA) is 41.4 Å². The predicted molar refractivity (Wildman–Crippen MR) is 118 cm³/mol. The van der Waals surface area contributed by atoms with Crippen LogP contribution in [0.3, 0.4) is 0 Å². The van der Waals surface area contributed by atoms with Crippen LogP contribution in [0.1, 0.15) is 21.7 Å². The van der Waals surface area contributed by atoms with Gasteiger partial charge < -0.3 is 9.80 Å². The first kappa shape index (κ1) is 19.8. The number of nitrogens with zero attached hydrogens (tertiary/aromatic N) is 4. The Labute approximate surface area is 180 Å². The number of carbonyl (C=O) groups is 1. The van der Waals surface area contributed by atoms with Crippen molar-refractivity contribution >= 4 is 34.8 Å². The molecule has 0 saturated carbocycles. The van der Waals surface area contributed by atoms with E-state index in [1.165, 1.54) is 5.56 Å². The molecule has 150 valence electrons. The highest BCUT2D eigenvalue weighted by Crippen LogP contribution is 2.28. The molecule has 3 aromatic rings. The monoisotopic (exact) mass is 428 g/mol. The zero-order chi connectivity index (χ0) is 20.5. The van der Waals surface area contributed by atoms with Crippen LogP contribution in [0, 0.1) is 13.8 Å². The number of aromatic nitrogens is 2. The third kappa shape index (κ3) is 4.11. The van der Waals surface area contributed by atoms with E-state index in [2.05, 4.69) is 10.00 Å². The molecule has 29 heavy (non-hydrogen) atoms. The molecule has 2 heterocycles. The van der Waals surface area contributed by atoms with E-state index in [1.54, 1.807) is 10.7 Å². The summed E-state index contributed by atoms with van der Waals surface area (Å²) in [7, 11) is 0. The summed E-state index contributed by atoms with van der Waals surface area (Å²) < 4.78 is 1.74. The lowest BCUT2D eigenvalue weighted by Crippen LogP contribution is -2.49. The summed E-state index contributed by atoms with van der Waals surface area (Å²) in [5, 5.41) is 5.63. The van der Waals surface area contributed by atoms with E-state index in [1.807, 2.05) is 61.2 Å². The van der Waals surface area contributed by atoms with Gasteiger partial charge in [0.1, 0.15) is 5.69 Å². The minimum absolute atomic E-state index is 0.0000338. The van der Waals surface area contributed by atoms with Crippen molar-refractivity contribution in [1.29, 1.82) is 0 Å². The first-order valence-electron chi connectivity index (χ1n) is 9.55. The molecule has 1 saturated heterocycles. The van der Waals surface area contributed by atoms with Crippen LogP contribution in [-0.4, -0.2) is 46.8 Å². The standard InChI is InChI=1S/C22H22Cl2N4O/c1-15-3-5-17(6-4-15)28-21(13-16(2)25-28)22(29)27-11-9-26(10-12-27)18-7-8-19(23)20(24)14-18/h3-8,13-14H,9-12H2,1-2H3. The molecule has 0 aliphatic carbocycles. The van der Waals surface area contributed by atoms with Crippen LogP contribution in [-0.2, 0) is 0 Å². The van der Waals surface area contributed by atoms with Crippen molar-refractivity contribution in [2.75, 3.05) is 31.1 Å². The molecular formula is C22H22Cl2N4O. The average molecular weight is 429 g/mol. The third-order valence-electron chi connectivity index (χ3n) is 5.16. The maximum Gasteiger partial charge on any atom is 0.272 e. The Bertz CT molecular complexity index is 1040. The Balaban J connectivity index is 1.50. The number of piperazine rings is 1. The number of amides is 1. The van der Waals surface area contributed by atoms with Crippen molar-refractivity contribution < 1.29 is 4.79 Å². The van der Waals surface area contributed by atoms with Crippen molar-refractivity contribution in [3.8, 4) is 5.69 Å². The molecule has 0 unspecified atom stereocenters. The summed E-state index contributed by atoms with van der Waals surface area (Å²) in [6.07, 6.45) is 0. The van der Waals surface area contributed by atoms with E-state index in [-0.39, 0.29) is 5.91 Å². The highest BCUT2D eigenvalue weighted by atomic mass is 35.5. The zero-order valence-corrected chi connectivity index (χ0v) is 17.9. The molecule has 0 bridgehead atoms. The van der Waals surface area contributed by atoms with Gasteiger partial charge in [0.15, 0.2) is 0 Å². The van der Waals surface area contributed by atoms with Gasteiger partial charge in [-0.1, -0.05) is 40.9 Å². The Morgan fingerprint density at radius 2 is 1.52 bits per heavy atom. The minimum Gasteiger partial charge on any atom is -0.368 e. The Hall–Kier alpha value is -2.50. The quantitative estimate of drug-likeness (QED) is 0.603. The van der Waals surface area contributed by atoms with Crippen LogP contribution in [0.2, 0.25) is 10.0 Å². The largest absolute Gasteiger partial charge is 0.368 e. The molecule has 1 aliphatic rings. The van der Waals surface area contributed by atoms with Crippen molar-refractivity contribution in [1.82, 2.24) is 14.7 Å². The highest BCUT2D eigenvalue weighted by molar-refractivity contribution is 6.42. The third-order valence-corrected chi connectivity index (χ3v) is 5.90. The maximum absolute atomic E-state index is 13.2. The van der Waals surface area contributed by atoms with E-state index >= 15 is 0 Å². The van der Waals surface area contributed by atoms with Gasteiger partial charge in [-0.15, -0.1) is 0 Å². The lowest BCUT2D eigenvalue weighted by molar-refractivity contribution is 0.0737. The summed E-state index contributed by atoms with van der Waals surface area (Å²) >= 11 is 12.2. The maximum atomic E-state index is 13.2. The smallest absolute Gasteiger partial charge is 0.272 e. The SMILES string of the molecule is Cc1ccc(-n2nc(C)cc2C(=O)N2CCN(c3ccc(Cl)c(Cl)c3)CC2)cc1. The van der Waals surface area contributed by atoms with E-state index in [9.17, 15) is 4.79 Å². The fraction of sp³-hybridized carbons (Fsp3) is 0.273. The van der Waals surface area contributed by atoms with Crippen molar-refractivity contribution in [2.24, 2.45) is 0 Å². The summed E-state index contributed by atoms with van der Waals surface area (Å²) in [6.45, 7) is 6.69. The summed E-state index contributed by atoms with van der Waals surface area (Å²) in [5.74, 6) is -0.0000338. The molecule has 0 N–H and O–H groups in total. The first-order chi connectivity index (χ1) is 13.9. The minimum atomic E-state index is -0.0000338. The van der Waals surface area contributed by atoms with Gasteiger partial charge in [-0.3, -0.25) is 4.79 Å². The van der Waals surface area contributed by atoms with Gasteiger partial charge in [0.25, 0.3) is 5.91 Å². The first-order valence-corrected chi connectivity index (χ1v) is 10.3. The Morgan fingerprint density at radius 1 is 0.862 bits per heavy atom. The van der Waals surface area contributed by atoms with Crippen LogP contribution >= 0.6 is 23.2 Å². The molecule has 1 aliphatic heterocycles. The van der Waals surface area contributed by atoms with Gasteiger partial charge >= 0.3 is 0 Å². The van der Waals surface area contributed by atoms with Crippen molar-refractivity contribution in [2.45, 2.75) is 13.8 Å². The average Bonchev–Trinajstić information content (AvgIpc) is 3.12. The second-order valence-corrected chi connectivity index (χ2v) is 8.11. The molecule has 0 atom stereocenters. The van der Waals surface area contributed by atoms with Gasteiger partial charge in [0, 0.05) is 31.9 Å². The van der Waals surface area contributed by atoms with E-state index < -0.39 is 0 Å². The molecule has 1 fully saturated rings. The molecule has 2 aromatic carbocycles. The summed E-state index contributed by atoms with van der Waals surface area (Å²) in [4.78, 5) is 17.3. The van der Waals surface area contributed by atoms with Gasteiger partial charge in [0.2, 0.25) is 0 Å². The Morgan fingerprint density at radius 3 is 2.17 bits per heavy atom. The second kappa shape index (κ2) is 8.09. The molecule has 0 radical (unpaired) electrons. The number of carbonyl (C=O) groups excluding carboxylic acids is 1. The molecular weight excluding hydrogens is 407 g/mol. The van der Waals surface area contributed by atoms with E-state index in [0.717, 1.165) is 30.2 Å². The number of rotatable bonds is 3. The summed E-state index contributed by atoms with van der Waals surface area (Å²) in [6, 6.07) is 15.5. The Kier molecular flexibility index (Phi) is 5.52. The van der Waals surface area contributed by atoms with Crippen molar-refractivity contribution in [3.63, 3.8) is 0 Å². The molecule has 1 amide bonds. The lowest BCUT2D eigenvalue weighted by atomic mass is 10.2. The van der Waals surface area contributed by atoms with Crippen LogP contribution in [0.15, 0.2) is 48.5 Å². The van der Waals surface area contributed by atoms with Gasteiger partial charge in [-0.05, 0) is 50.2 Å². The number of halogens is 2. The predicted octanol–water partition coefficient (Wildman–Crippen LogP) is 4.76. The normalized spacial score (nSPS) is 14.3. The number of aryl methyl sites for hydroxylation is 2. The molecule has 0 spiro atoms. The number of benzene rings is 2. The van der Waals surface area contributed by atoms with Crippen LogP contribution in [0.4, 0.5) is 5.69 Å². The molecule has 1 aromatic heterocycles. The number of hydrogen-bond acceptors (Lipinski definition) is 3. The molecule has 5 nitrogen and oxygen atoms in total. The molecule has 7 heteroatoms. The number of hydrogen-bond donors (Lipinski definition) is 0. The molecule has 4 rings (SSSR count). The van der Waals surface area contributed by atoms with E-state index in [0.29, 0.717) is 28.8 Å². The van der Waals surface area contributed by atoms with Crippen LogP contribution in [0.25, 0.3) is 5.69 Å². The fourth-order valence-electron chi connectivity index (χ4n) is 3.55. The van der Waals surface area contributed by atoms with Crippen LogP contribution < -0.4 is 4.90 Å². The van der Waals surface area contributed by atoms with E-state index in [4.69, 9.17) is 23.2 Å².